The molecule has 0 aliphatic rings. The number of methoxy groups -OCH3 is 1. The highest BCUT2D eigenvalue weighted by Crippen LogP contribution is 2.27. The van der Waals surface area contributed by atoms with Gasteiger partial charge < -0.3 is 10.1 Å². The maximum atomic E-state index is 12.0. The molecule has 0 saturated heterocycles. The Morgan fingerprint density at radius 1 is 0.966 bits per heavy atom. The molecule has 0 bridgehead atoms. The lowest BCUT2D eigenvalue weighted by Crippen LogP contribution is -2.20. The Bertz CT molecular complexity index is 1070. The molecule has 0 unspecified atom stereocenters. The topological polar surface area (TPSA) is 79.8 Å². The van der Waals surface area contributed by atoms with Gasteiger partial charge in [-0.15, -0.1) is 0 Å². The van der Waals surface area contributed by atoms with E-state index in [-0.39, 0.29) is 24.7 Å². The minimum absolute atomic E-state index is 0.0109. The third-order valence-electron chi connectivity index (χ3n) is 4.26. The van der Waals surface area contributed by atoms with E-state index in [9.17, 15) is 9.59 Å². The van der Waals surface area contributed by atoms with Gasteiger partial charge in [0, 0.05) is 23.8 Å². The summed E-state index contributed by atoms with van der Waals surface area (Å²) < 4.78 is 5.37. The Labute approximate surface area is 173 Å². The number of ether oxygens (including phenoxy) is 1. The van der Waals surface area contributed by atoms with Gasteiger partial charge in [-0.3, -0.25) is 9.59 Å². The van der Waals surface area contributed by atoms with Gasteiger partial charge >= 0.3 is 0 Å². The smallest absolute Gasteiger partial charge is 0.240 e. The second kappa shape index (κ2) is 9.71. The molecule has 3 aromatic carbocycles. The molecule has 2 amide bonds. The number of para-hydroxylation sites is 1. The van der Waals surface area contributed by atoms with Gasteiger partial charge in [-0.1, -0.05) is 48.0 Å². The fourth-order valence-electron chi connectivity index (χ4n) is 2.82. The monoisotopic (exact) mass is 409 g/mol. The number of halogens is 1. The molecule has 0 atom stereocenters. The van der Waals surface area contributed by atoms with Crippen LogP contribution in [-0.4, -0.2) is 25.1 Å². The third kappa shape index (κ3) is 5.33. The van der Waals surface area contributed by atoms with Crippen LogP contribution >= 0.6 is 11.6 Å². The highest BCUT2D eigenvalue weighted by atomic mass is 35.5. The number of nitrogens with one attached hydrogen (secondary N) is 2. The number of rotatable bonds is 7. The maximum absolute atomic E-state index is 12.0. The lowest BCUT2D eigenvalue weighted by molar-refractivity contribution is -0.124. The van der Waals surface area contributed by atoms with Crippen LogP contribution in [0.3, 0.4) is 0 Å². The predicted molar refractivity (Wildman–Crippen MR) is 116 cm³/mol. The van der Waals surface area contributed by atoms with Crippen LogP contribution in [0.2, 0.25) is 5.02 Å². The maximum Gasteiger partial charge on any atom is 0.240 e. The van der Waals surface area contributed by atoms with Crippen molar-refractivity contribution in [2.75, 3.05) is 12.4 Å². The summed E-state index contributed by atoms with van der Waals surface area (Å²) in [7, 11) is 1.62. The van der Waals surface area contributed by atoms with Crippen LogP contribution in [0.5, 0.6) is 5.75 Å². The fraction of sp³-hybridized carbons (Fsp3) is 0.136. The van der Waals surface area contributed by atoms with Crippen molar-refractivity contribution in [2.24, 2.45) is 5.10 Å². The second-order valence-corrected chi connectivity index (χ2v) is 6.63. The molecule has 0 aliphatic heterocycles. The van der Waals surface area contributed by atoms with Gasteiger partial charge in [-0.05, 0) is 29.7 Å². The first-order valence-corrected chi connectivity index (χ1v) is 9.38. The van der Waals surface area contributed by atoms with Crippen molar-refractivity contribution in [2.45, 2.75) is 12.8 Å². The molecule has 7 heteroatoms. The molecule has 3 rings (SSSR count). The SMILES string of the molecule is COc1ccc(C=NNC(=O)CCC(=O)Nc2ccccc2Cl)c2ccccc12. The molecular formula is C22H20ClN3O3. The summed E-state index contributed by atoms with van der Waals surface area (Å²) in [5, 5.41) is 9.05. The van der Waals surface area contributed by atoms with Crippen LogP contribution in [0.4, 0.5) is 5.69 Å². The fourth-order valence-corrected chi connectivity index (χ4v) is 3.00. The summed E-state index contributed by atoms with van der Waals surface area (Å²) >= 11 is 6.00. The third-order valence-corrected chi connectivity index (χ3v) is 4.59. The Hall–Kier alpha value is -3.38. The van der Waals surface area contributed by atoms with Gasteiger partial charge in [-0.2, -0.15) is 5.10 Å². The Morgan fingerprint density at radius 2 is 1.66 bits per heavy atom. The number of benzene rings is 3. The van der Waals surface area contributed by atoms with Crippen molar-refractivity contribution in [3.8, 4) is 5.75 Å². The average Bonchev–Trinajstić information content (AvgIpc) is 2.74. The van der Waals surface area contributed by atoms with E-state index in [0.29, 0.717) is 10.7 Å². The van der Waals surface area contributed by atoms with E-state index >= 15 is 0 Å². The Kier molecular flexibility index (Phi) is 6.81. The molecule has 148 valence electrons. The molecule has 0 heterocycles. The first-order chi connectivity index (χ1) is 14.1. The molecule has 0 aliphatic carbocycles. The van der Waals surface area contributed by atoms with Gasteiger partial charge in [0.15, 0.2) is 0 Å². The van der Waals surface area contributed by atoms with Crippen LogP contribution in [0.25, 0.3) is 10.8 Å². The van der Waals surface area contributed by atoms with Gasteiger partial charge in [0.25, 0.3) is 0 Å². The molecule has 29 heavy (non-hydrogen) atoms. The van der Waals surface area contributed by atoms with E-state index in [0.717, 1.165) is 22.1 Å². The summed E-state index contributed by atoms with van der Waals surface area (Å²) in [5.41, 5.74) is 3.81. The summed E-state index contributed by atoms with van der Waals surface area (Å²) in [6.45, 7) is 0. The number of fused-ring (bicyclic) bond motifs is 1. The molecule has 6 nitrogen and oxygen atoms in total. The van der Waals surface area contributed by atoms with E-state index in [1.165, 1.54) is 0 Å². The molecule has 0 aromatic heterocycles. The zero-order valence-corrected chi connectivity index (χ0v) is 16.6. The number of hydrazone groups is 1. The second-order valence-electron chi connectivity index (χ2n) is 6.22. The van der Waals surface area contributed by atoms with Crippen molar-refractivity contribution in [1.29, 1.82) is 0 Å². The standard InChI is InChI=1S/C22H20ClN3O3/c1-29-20-11-10-15(16-6-2-3-7-17(16)20)14-24-26-22(28)13-12-21(27)25-19-9-5-4-8-18(19)23/h2-11,14H,12-13H2,1H3,(H,25,27)(H,26,28). The van der Waals surface area contributed by atoms with Gasteiger partial charge in [0.1, 0.15) is 5.75 Å². The number of nitrogens with zero attached hydrogens (tertiary/aromatic N) is 1. The summed E-state index contributed by atoms with van der Waals surface area (Å²) in [4.78, 5) is 23.9. The normalized spacial score (nSPS) is 10.8. The van der Waals surface area contributed by atoms with Crippen molar-refractivity contribution in [1.82, 2.24) is 5.43 Å². The lowest BCUT2D eigenvalue weighted by Gasteiger charge is -2.08. The van der Waals surface area contributed by atoms with Crippen LogP contribution < -0.4 is 15.5 Å². The highest BCUT2D eigenvalue weighted by Gasteiger charge is 2.09. The average molecular weight is 410 g/mol. The Morgan fingerprint density at radius 3 is 2.41 bits per heavy atom. The van der Waals surface area contributed by atoms with Crippen molar-refractivity contribution in [3.63, 3.8) is 0 Å². The largest absolute Gasteiger partial charge is 0.496 e. The van der Waals surface area contributed by atoms with Crippen molar-refractivity contribution >= 4 is 46.1 Å². The summed E-state index contributed by atoms with van der Waals surface area (Å²) in [5.74, 6) is 0.123. The number of amides is 2. The lowest BCUT2D eigenvalue weighted by atomic mass is 10.0. The summed E-state index contributed by atoms with van der Waals surface area (Å²) in [6, 6.07) is 18.4. The van der Waals surface area contributed by atoms with E-state index < -0.39 is 0 Å². The zero-order valence-electron chi connectivity index (χ0n) is 15.8. The molecule has 0 saturated carbocycles. The number of hydrogen-bond donors (Lipinski definition) is 2. The van der Waals surface area contributed by atoms with E-state index in [2.05, 4.69) is 15.8 Å². The van der Waals surface area contributed by atoms with Crippen LogP contribution in [-0.2, 0) is 9.59 Å². The van der Waals surface area contributed by atoms with Crippen LogP contribution in [0.15, 0.2) is 65.8 Å². The number of anilines is 1. The number of carbonyl (C=O) groups is 2. The van der Waals surface area contributed by atoms with Crippen LogP contribution in [0.1, 0.15) is 18.4 Å². The Balaban J connectivity index is 1.54. The van der Waals surface area contributed by atoms with Crippen molar-refractivity contribution in [3.05, 3.63) is 71.2 Å². The van der Waals surface area contributed by atoms with Gasteiger partial charge in [0.2, 0.25) is 11.8 Å². The molecule has 2 N–H and O–H groups in total. The van der Waals surface area contributed by atoms with Gasteiger partial charge in [0.05, 0.1) is 24.0 Å². The number of carbonyl (C=O) groups excluding carboxylic acids is 2. The molecule has 0 radical (unpaired) electrons. The summed E-state index contributed by atoms with van der Waals surface area (Å²) in [6.07, 6.45) is 1.61. The minimum Gasteiger partial charge on any atom is -0.496 e. The quantitative estimate of drug-likeness (QED) is 0.449. The van der Waals surface area contributed by atoms with Crippen LogP contribution in [0, 0.1) is 0 Å². The van der Waals surface area contributed by atoms with Crippen molar-refractivity contribution < 1.29 is 14.3 Å². The van der Waals surface area contributed by atoms with E-state index in [1.807, 2.05) is 36.4 Å². The minimum atomic E-state index is -0.353. The highest BCUT2D eigenvalue weighted by molar-refractivity contribution is 6.33. The van der Waals surface area contributed by atoms with E-state index in [1.54, 1.807) is 37.6 Å². The molecule has 0 fully saturated rings. The zero-order chi connectivity index (χ0) is 20.6. The first-order valence-electron chi connectivity index (χ1n) is 9.00. The molecular weight excluding hydrogens is 390 g/mol. The van der Waals surface area contributed by atoms with E-state index in [4.69, 9.17) is 16.3 Å². The number of hydrogen-bond acceptors (Lipinski definition) is 4. The molecule has 3 aromatic rings. The van der Waals surface area contributed by atoms with Gasteiger partial charge in [-0.25, -0.2) is 5.43 Å². The predicted octanol–water partition coefficient (Wildman–Crippen LogP) is 4.37. The first kappa shape index (κ1) is 20.4. The molecule has 0 spiro atoms.